The fraction of sp³-hybridized carbons (Fsp3) is 0.200. The second-order valence-electron chi connectivity index (χ2n) is 8.25. The number of nitrogens with one attached hydrogen (secondary N) is 2. The maximum Gasteiger partial charge on any atom is 0.261 e. The second-order valence-corrected chi connectivity index (χ2v) is 9.93. The molecule has 4 nitrogen and oxygen atoms in total. The summed E-state index contributed by atoms with van der Waals surface area (Å²) in [7, 11) is -3.71. The predicted molar refractivity (Wildman–Crippen MR) is 121 cm³/mol. The first kappa shape index (κ1) is 19.8. The molecule has 0 radical (unpaired) electrons. The van der Waals surface area contributed by atoms with Gasteiger partial charge in [-0.05, 0) is 78.4 Å². The van der Waals surface area contributed by atoms with Crippen molar-refractivity contribution in [1.29, 1.82) is 0 Å². The van der Waals surface area contributed by atoms with Crippen molar-refractivity contribution in [2.24, 2.45) is 5.92 Å². The lowest BCUT2D eigenvalue weighted by molar-refractivity contribution is 0.424. The average Bonchev–Trinajstić information content (AvgIpc) is 3.23. The Morgan fingerprint density at radius 1 is 1.03 bits per heavy atom. The van der Waals surface area contributed by atoms with E-state index in [1.54, 1.807) is 24.3 Å². The first-order chi connectivity index (χ1) is 14.9. The van der Waals surface area contributed by atoms with E-state index in [1.807, 2.05) is 37.3 Å². The standard InChI is InChI=1S/C25H23FN2O2S/c1-16-4-2-5-19(14-16)28-31(29,30)20-12-13-24-23(15-20)21-6-3-7-22(21)25(27-24)17-8-10-18(26)11-9-17/h2-6,8-15,21-22,25,27-28H,7H2,1H3. The molecule has 0 spiro atoms. The van der Waals surface area contributed by atoms with Crippen LogP contribution in [0, 0.1) is 18.7 Å². The Morgan fingerprint density at radius 2 is 1.84 bits per heavy atom. The van der Waals surface area contributed by atoms with Crippen LogP contribution >= 0.6 is 0 Å². The van der Waals surface area contributed by atoms with Crippen LogP contribution in [-0.2, 0) is 10.0 Å². The van der Waals surface area contributed by atoms with Gasteiger partial charge in [0.1, 0.15) is 5.82 Å². The van der Waals surface area contributed by atoms with Crippen LogP contribution in [0.15, 0.2) is 83.8 Å². The molecule has 2 aliphatic rings. The lowest BCUT2D eigenvalue weighted by atomic mass is 9.77. The monoisotopic (exact) mass is 434 g/mol. The highest BCUT2D eigenvalue weighted by Gasteiger charge is 2.38. The van der Waals surface area contributed by atoms with E-state index in [0.717, 1.165) is 28.8 Å². The summed E-state index contributed by atoms with van der Waals surface area (Å²) < 4.78 is 42.1. The Kier molecular flexibility index (Phi) is 4.82. The summed E-state index contributed by atoms with van der Waals surface area (Å²) in [5.41, 5.74) is 4.45. The first-order valence-corrected chi connectivity index (χ1v) is 11.8. The number of anilines is 2. The van der Waals surface area contributed by atoms with E-state index in [-0.39, 0.29) is 28.6 Å². The van der Waals surface area contributed by atoms with Gasteiger partial charge in [-0.1, -0.05) is 36.4 Å². The molecule has 0 saturated heterocycles. The van der Waals surface area contributed by atoms with Gasteiger partial charge in [0, 0.05) is 17.3 Å². The van der Waals surface area contributed by atoms with Crippen molar-refractivity contribution < 1.29 is 12.8 Å². The van der Waals surface area contributed by atoms with Crippen molar-refractivity contribution in [2.75, 3.05) is 10.0 Å². The Balaban J connectivity index is 1.49. The number of rotatable bonds is 4. The van der Waals surface area contributed by atoms with Gasteiger partial charge in [-0.25, -0.2) is 12.8 Å². The summed E-state index contributed by atoms with van der Waals surface area (Å²) in [6.45, 7) is 1.92. The first-order valence-electron chi connectivity index (χ1n) is 10.3. The Morgan fingerprint density at radius 3 is 2.61 bits per heavy atom. The third-order valence-electron chi connectivity index (χ3n) is 6.14. The number of benzene rings is 3. The zero-order valence-electron chi connectivity index (χ0n) is 17.0. The third-order valence-corrected chi connectivity index (χ3v) is 7.52. The number of hydrogen-bond acceptors (Lipinski definition) is 3. The maximum absolute atomic E-state index is 13.4. The molecule has 3 unspecified atom stereocenters. The molecule has 1 aliphatic heterocycles. The zero-order chi connectivity index (χ0) is 21.6. The smallest absolute Gasteiger partial charge is 0.261 e. The molecule has 158 valence electrons. The minimum Gasteiger partial charge on any atom is -0.378 e. The third kappa shape index (κ3) is 3.72. The van der Waals surface area contributed by atoms with Crippen molar-refractivity contribution in [2.45, 2.75) is 30.2 Å². The number of allylic oxidation sites excluding steroid dienone is 2. The highest BCUT2D eigenvalue weighted by molar-refractivity contribution is 7.92. The van der Waals surface area contributed by atoms with Gasteiger partial charge in [0.05, 0.1) is 10.9 Å². The summed E-state index contributed by atoms with van der Waals surface area (Å²) in [4.78, 5) is 0.244. The van der Waals surface area contributed by atoms with Crippen LogP contribution in [0.25, 0.3) is 0 Å². The van der Waals surface area contributed by atoms with Crippen LogP contribution in [-0.4, -0.2) is 8.42 Å². The van der Waals surface area contributed by atoms with Crippen molar-refractivity contribution in [1.82, 2.24) is 0 Å². The van der Waals surface area contributed by atoms with E-state index in [9.17, 15) is 12.8 Å². The highest BCUT2D eigenvalue weighted by atomic mass is 32.2. The van der Waals surface area contributed by atoms with Crippen molar-refractivity contribution in [3.63, 3.8) is 0 Å². The molecule has 5 rings (SSSR count). The van der Waals surface area contributed by atoms with Gasteiger partial charge < -0.3 is 5.32 Å². The molecule has 1 aliphatic carbocycles. The molecule has 3 aromatic rings. The SMILES string of the molecule is Cc1cccc(NS(=O)(=O)c2ccc3c(c2)C2C=CCC2C(c2ccc(F)cc2)N3)c1. The Labute approximate surface area is 181 Å². The molecular formula is C25H23FN2O2S. The molecule has 1 heterocycles. The van der Waals surface area contributed by atoms with Crippen LogP contribution in [0.4, 0.5) is 15.8 Å². The van der Waals surface area contributed by atoms with Gasteiger partial charge in [-0.3, -0.25) is 4.72 Å². The quantitative estimate of drug-likeness (QED) is 0.513. The lowest BCUT2D eigenvalue weighted by Crippen LogP contribution is -2.29. The topological polar surface area (TPSA) is 58.2 Å². The molecule has 31 heavy (non-hydrogen) atoms. The molecule has 3 atom stereocenters. The molecular weight excluding hydrogens is 411 g/mol. The predicted octanol–water partition coefficient (Wildman–Crippen LogP) is 5.76. The Hall–Kier alpha value is -3.12. The van der Waals surface area contributed by atoms with Gasteiger partial charge in [-0.2, -0.15) is 0 Å². The van der Waals surface area contributed by atoms with Crippen molar-refractivity contribution in [3.05, 3.63) is 101 Å². The molecule has 0 aromatic heterocycles. The van der Waals surface area contributed by atoms with Crippen molar-refractivity contribution >= 4 is 21.4 Å². The van der Waals surface area contributed by atoms with E-state index in [2.05, 4.69) is 22.2 Å². The second kappa shape index (κ2) is 7.54. The number of fused-ring (bicyclic) bond motifs is 3. The maximum atomic E-state index is 13.4. The number of hydrogen-bond donors (Lipinski definition) is 2. The van der Waals surface area contributed by atoms with Crippen LogP contribution in [0.2, 0.25) is 0 Å². The van der Waals surface area contributed by atoms with Gasteiger partial charge in [0.15, 0.2) is 0 Å². The zero-order valence-corrected chi connectivity index (χ0v) is 17.9. The molecule has 0 saturated carbocycles. The fourth-order valence-corrected chi connectivity index (χ4v) is 5.75. The summed E-state index contributed by atoms with van der Waals surface area (Å²) in [6.07, 6.45) is 5.19. The van der Waals surface area contributed by atoms with Crippen LogP contribution in [0.5, 0.6) is 0 Å². The molecule has 2 N–H and O–H groups in total. The van der Waals surface area contributed by atoms with Gasteiger partial charge in [0.25, 0.3) is 10.0 Å². The Bertz CT molecular complexity index is 1270. The lowest BCUT2D eigenvalue weighted by Gasteiger charge is -2.37. The minimum absolute atomic E-state index is 0.0426. The summed E-state index contributed by atoms with van der Waals surface area (Å²) in [6, 6.07) is 19.2. The summed E-state index contributed by atoms with van der Waals surface area (Å²) >= 11 is 0. The van der Waals surface area contributed by atoms with E-state index >= 15 is 0 Å². The van der Waals surface area contributed by atoms with E-state index in [0.29, 0.717) is 5.69 Å². The van der Waals surface area contributed by atoms with Gasteiger partial charge in [-0.15, -0.1) is 0 Å². The number of aryl methyl sites for hydroxylation is 1. The van der Waals surface area contributed by atoms with E-state index < -0.39 is 10.0 Å². The summed E-state index contributed by atoms with van der Waals surface area (Å²) in [5, 5.41) is 3.56. The number of sulfonamides is 1. The molecule has 6 heteroatoms. The van der Waals surface area contributed by atoms with Crippen molar-refractivity contribution in [3.8, 4) is 0 Å². The van der Waals surface area contributed by atoms with Gasteiger partial charge in [0.2, 0.25) is 0 Å². The molecule has 0 amide bonds. The van der Waals surface area contributed by atoms with E-state index in [1.165, 1.54) is 12.1 Å². The van der Waals surface area contributed by atoms with Crippen LogP contribution in [0.3, 0.4) is 0 Å². The normalized spacial score (nSPS) is 21.8. The average molecular weight is 435 g/mol. The van der Waals surface area contributed by atoms with Crippen LogP contribution < -0.4 is 10.0 Å². The largest absolute Gasteiger partial charge is 0.378 e. The molecule has 3 aromatic carbocycles. The minimum atomic E-state index is -3.71. The highest BCUT2D eigenvalue weighted by Crippen LogP contribution is 2.50. The van der Waals surface area contributed by atoms with Crippen LogP contribution in [0.1, 0.15) is 35.1 Å². The fourth-order valence-electron chi connectivity index (χ4n) is 4.66. The number of halogens is 1. The van der Waals surface area contributed by atoms with Gasteiger partial charge >= 0.3 is 0 Å². The molecule has 0 fully saturated rings. The van der Waals surface area contributed by atoms with E-state index in [4.69, 9.17) is 0 Å². The summed E-state index contributed by atoms with van der Waals surface area (Å²) in [5.74, 6) is 0.109. The molecule has 0 bridgehead atoms.